The predicted octanol–water partition coefficient (Wildman–Crippen LogP) is 8.33. The molecule has 1 unspecified atom stereocenters. The lowest BCUT2D eigenvalue weighted by Gasteiger charge is -2.32. The number of hydrogen-bond donors (Lipinski definition) is 1. The third-order valence-electron chi connectivity index (χ3n) is 6.02. The second-order valence-corrected chi connectivity index (χ2v) is 11.1. The molecule has 0 saturated carbocycles. The lowest BCUT2D eigenvalue weighted by atomic mass is 9.79. The fourth-order valence-electron chi connectivity index (χ4n) is 4.27. The Kier molecular flexibility index (Phi) is 10.0. The van der Waals surface area contributed by atoms with E-state index in [1.807, 2.05) is 13.8 Å². The first-order valence-electron chi connectivity index (χ1n) is 12.1. The van der Waals surface area contributed by atoms with E-state index in [0.29, 0.717) is 11.0 Å². The van der Waals surface area contributed by atoms with Gasteiger partial charge in [0.25, 0.3) is 0 Å². The van der Waals surface area contributed by atoms with Crippen LogP contribution in [0, 0.1) is 5.41 Å². The molecule has 0 spiro atoms. The number of carbonyl (C=O) groups is 2. The predicted molar refractivity (Wildman–Crippen MR) is 140 cm³/mol. The van der Waals surface area contributed by atoms with Crippen molar-refractivity contribution in [2.24, 2.45) is 5.41 Å². The SMILES string of the molecule is CC.CC(C)(C)CC(=O)NCc1ccc(N2CC(c3cc(Cl)cc(Cl)c3)(C(F)(F)F)CC2=O)cc1C(F)(F)F. The molecule has 1 atom stereocenters. The summed E-state index contributed by atoms with van der Waals surface area (Å²) in [5, 5.41) is 2.29. The van der Waals surface area contributed by atoms with Crippen LogP contribution in [0.2, 0.25) is 10.0 Å². The van der Waals surface area contributed by atoms with Gasteiger partial charge in [-0.15, -0.1) is 0 Å². The minimum Gasteiger partial charge on any atom is -0.352 e. The molecule has 1 N–H and O–H groups in total. The van der Waals surface area contributed by atoms with E-state index >= 15 is 0 Å². The number of anilines is 1. The van der Waals surface area contributed by atoms with Crippen molar-refractivity contribution in [1.29, 1.82) is 0 Å². The molecule has 0 aromatic heterocycles. The number of rotatable bonds is 5. The van der Waals surface area contributed by atoms with Crippen LogP contribution in [0.5, 0.6) is 0 Å². The maximum Gasteiger partial charge on any atom is 0.416 e. The lowest BCUT2D eigenvalue weighted by molar-refractivity contribution is -0.185. The van der Waals surface area contributed by atoms with E-state index in [1.54, 1.807) is 20.8 Å². The number of nitrogens with zero attached hydrogens (tertiary/aromatic N) is 1. The van der Waals surface area contributed by atoms with Gasteiger partial charge in [0.1, 0.15) is 5.41 Å². The molecule has 1 saturated heterocycles. The Bertz CT molecular complexity index is 1190. The van der Waals surface area contributed by atoms with Crippen molar-refractivity contribution in [2.75, 3.05) is 11.4 Å². The number of alkyl halides is 6. The second kappa shape index (κ2) is 12.0. The maximum absolute atomic E-state index is 14.4. The van der Waals surface area contributed by atoms with E-state index in [9.17, 15) is 35.9 Å². The molecule has 4 nitrogen and oxygen atoms in total. The van der Waals surface area contributed by atoms with Crippen LogP contribution in [0.3, 0.4) is 0 Å². The first kappa shape index (κ1) is 32.8. The number of halogens is 8. The van der Waals surface area contributed by atoms with Gasteiger partial charge in [-0.05, 0) is 46.9 Å². The van der Waals surface area contributed by atoms with Gasteiger partial charge in [-0.3, -0.25) is 9.59 Å². The first-order chi connectivity index (χ1) is 17.8. The molecule has 1 aliphatic rings. The molecular formula is C27H30Cl2F6N2O2. The van der Waals surface area contributed by atoms with Crippen LogP contribution < -0.4 is 10.2 Å². The van der Waals surface area contributed by atoms with Crippen LogP contribution in [0.15, 0.2) is 36.4 Å². The number of nitrogens with one attached hydrogen (secondary N) is 1. The molecule has 3 rings (SSSR count). The van der Waals surface area contributed by atoms with Gasteiger partial charge in [-0.1, -0.05) is 63.9 Å². The van der Waals surface area contributed by atoms with Crippen molar-refractivity contribution in [3.8, 4) is 0 Å². The summed E-state index contributed by atoms with van der Waals surface area (Å²) in [6.07, 6.45) is -10.8. The molecule has 0 radical (unpaired) electrons. The van der Waals surface area contributed by atoms with Crippen LogP contribution in [-0.2, 0) is 27.7 Å². The van der Waals surface area contributed by atoms with Gasteiger partial charge in [0.15, 0.2) is 0 Å². The highest BCUT2D eigenvalue weighted by Gasteiger charge is 2.62. The second-order valence-electron chi connectivity index (χ2n) is 10.2. The van der Waals surface area contributed by atoms with Crippen molar-refractivity contribution in [3.63, 3.8) is 0 Å². The van der Waals surface area contributed by atoms with Crippen molar-refractivity contribution >= 4 is 40.7 Å². The third-order valence-corrected chi connectivity index (χ3v) is 6.45. The zero-order chi connectivity index (χ0) is 30.0. The van der Waals surface area contributed by atoms with Gasteiger partial charge in [0.2, 0.25) is 11.8 Å². The standard InChI is InChI=1S/C25H24Cl2F6N2O2.C2H6/c1-22(2,3)10-20(36)34-12-14-4-5-18(9-19(14)24(28,29)30)35-13-23(11-21(35)37,25(31,32)33)15-6-16(26)8-17(27)7-15;1-2/h4-9H,10-13H2,1-3H3,(H,34,36);1-2H3. The van der Waals surface area contributed by atoms with Gasteiger partial charge < -0.3 is 10.2 Å². The average molecular weight is 599 g/mol. The van der Waals surface area contributed by atoms with Gasteiger partial charge in [0.05, 0.1) is 5.56 Å². The normalized spacial score (nSPS) is 18.1. The van der Waals surface area contributed by atoms with E-state index in [-0.39, 0.29) is 38.7 Å². The molecule has 1 heterocycles. The summed E-state index contributed by atoms with van der Waals surface area (Å²) in [4.78, 5) is 25.6. The fourth-order valence-corrected chi connectivity index (χ4v) is 4.79. The molecule has 216 valence electrons. The average Bonchev–Trinajstić information content (AvgIpc) is 3.15. The Labute approximate surface area is 233 Å². The fraction of sp³-hybridized carbons (Fsp3) is 0.481. The van der Waals surface area contributed by atoms with Crippen LogP contribution in [0.25, 0.3) is 0 Å². The molecule has 2 aromatic carbocycles. The van der Waals surface area contributed by atoms with Crippen LogP contribution in [0.1, 0.15) is 64.2 Å². The highest BCUT2D eigenvalue weighted by molar-refractivity contribution is 6.34. The summed E-state index contributed by atoms with van der Waals surface area (Å²) in [5.74, 6) is -1.46. The summed E-state index contributed by atoms with van der Waals surface area (Å²) in [5.41, 5.74) is -5.26. The zero-order valence-electron chi connectivity index (χ0n) is 22.1. The van der Waals surface area contributed by atoms with Crippen LogP contribution in [-0.4, -0.2) is 24.5 Å². The Hall–Kier alpha value is -2.46. The number of hydrogen-bond acceptors (Lipinski definition) is 2. The summed E-state index contributed by atoms with van der Waals surface area (Å²) in [6.45, 7) is 8.01. The Morgan fingerprint density at radius 3 is 2.03 bits per heavy atom. The largest absolute Gasteiger partial charge is 0.416 e. The van der Waals surface area contributed by atoms with Crippen molar-refractivity contribution in [2.45, 2.75) is 71.8 Å². The minimum atomic E-state index is -4.93. The monoisotopic (exact) mass is 598 g/mol. The summed E-state index contributed by atoms with van der Waals surface area (Å²) >= 11 is 11.8. The van der Waals surface area contributed by atoms with Gasteiger partial charge in [-0.25, -0.2) is 0 Å². The van der Waals surface area contributed by atoms with Crippen molar-refractivity contribution in [1.82, 2.24) is 5.32 Å². The summed E-state index contributed by atoms with van der Waals surface area (Å²) < 4.78 is 84.7. The Balaban J connectivity index is 0.00000260. The van der Waals surface area contributed by atoms with E-state index < -0.39 is 54.7 Å². The van der Waals surface area contributed by atoms with Crippen LogP contribution >= 0.6 is 23.2 Å². The molecule has 2 amide bonds. The maximum atomic E-state index is 14.4. The number of carbonyl (C=O) groups excluding carboxylic acids is 2. The lowest BCUT2D eigenvalue weighted by Crippen LogP contribution is -2.45. The quantitative estimate of drug-likeness (QED) is 0.352. The van der Waals surface area contributed by atoms with Gasteiger partial charge in [-0.2, -0.15) is 26.3 Å². The summed E-state index contributed by atoms with van der Waals surface area (Å²) in [7, 11) is 0. The highest BCUT2D eigenvalue weighted by Crippen LogP contribution is 2.50. The van der Waals surface area contributed by atoms with E-state index in [4.69, 9.17) is 23.2 Å². The topological polar surface area (TPSA) is 49.4 Å². The number of benzene rings is 2. The third kappa shape index (κ3) is 7.81. The van der Waals surface area contributed by atoms with Crippen LogP contribution in [0.4, 0.5) is 32.0 Å². The molecule has 0 aliphatic carbocycles. The molecule has 1 aliphatic heterocycles. The Morgan fingerprint density at radius 1 is 0.974 bits per heavy atom. The first-order valence-corrected chi connectivity index (χ1v) is 12.9. The number of amides is 2. The van der Waals surface area contributed by atoms with E-state index in [2.05, 4.69) is 5.32 Å². The molecule has 39 heavy (non-hydrogen) atoms. The van der Waals surface area contributed by atoms with E-state index in [1.165, 1.54) is 6.07 Å². The smallest absolute Gasteiger partial charge is 0.352 e. The Morgan fingerprint density at radius 2 is 1.54 bits per heavy atom. The van der Waals surface area contributed by atoms with Crippen molar-refractivity contribution in [3.05, 3.63) is 63.1 Å². The summed E-state index contributed by atoms with van der Waals surface area (Å²) in [6, 6.07) is 6.13. The van der Waals surface area contributed by atoms with Crippen molar-refractivity contribution < 1.29 is 35.9 Å². The highest BCUT2D eigenvalue weighted by atomic mass is 35.5. The molecule has 12 heteroatoms. The van der Waals surface area contributed by atoms with Gasteiger partial charge in [0, 0.05) is 41.7 Å². The zero-order valence-corrected chi connectivity index (χ0v) is 23.6. The molecule has 0 bridgehead atoms. The van der Waals surface area contributed by atoms with Gasteiger partial charge >= 0.3 is 12.4 Å². The van der Waals surface area contributed by atoms with E-state index in [0.717, 1.165) is 24.3 Å². The molecular weight excluding hydrogens is 569 g/mol. The molecule has 2 aromatic rings. The minimum absolute atomic E-state index is 0.0748. The molecule has 1 fully saturated rings.